The molecule has 20 heavy (non-hydrogen) atoms. The number of amides is 1. The first-order valence-corrected chi connectivity index (χ1v) is 7.97. The van der Waals surface area contributed by atoms with Crippen LogP contribution in [0, 0.1) is 5.92 Å². The SMILES string of the molecule is CCCC1CC1NC(=O)c1ccc2cc(Br)ccc2c1. The summed E-state index contributed by atoms with van der Waals surface area (Å²) in [5.74, 6) is 0.749. The van der Waals surface area contributed by atoms with E-state index in [1.54, 1.807) is 0 Å². The Balaban J connectivity index is 1.73. The van der Waals surface area contributed by atoms with E-state index in [9.17, 15) is 4.79 Å². The van der Waals surface area contributed by atoms with E-state index in [1.165, 1.54) is 12.8 Å². The number of carbonyl (C=O) groups is 1. The quantitative estimate of drug-likeness (QED) is 0.876. The molecule has 1 aliphatic carbocycles. The molecule has 0 aromatic heterocycles. The summed E-state index contributed by atoms with van der Waals surface area (Å²) >= 11 is 3.46. The molecule has 2 aromatic rings. The van der Waals surface area contributed by atoms with Crippen LogP contribution in [0.3, 0.4) is 0 Å². The molecule has 0 aliphatic heterocycles. The number of hydrogen-bond donors (Lipinski definition) is 1. The first-order chi connectivity index (χ1) is 9.67. The Hall–Kier alpha value is -1.35. The van der Waals surface area contributed by atoms with Gasteiger partial charge in [0.2, 0.25) is 0 Å². The number of nitrogens with one attached hydrogen (secondary N) is 1. The highest BCUT2D eigenvalue weighted by Crippen LogP contribution is 2.34. The van der Waals surface area contributed by atoms with E-state index >= 15 is 0 Å². The van der Waals surface area contributed by atoms with E-state index in [4.69, 9.17) is 0 Å². The third kappa shape index (κ3) is 2.88. The Bertz CT molecular complexity index is 652. The van der Waals surface area contributed by atoms with Crippen LogP contribution in [0.15, 0.2) is 40.9 Å². The maximum Gasteiger partial charge on any atom is 0.251 e. The minimum atomic E-state index is 0.0541. The average molecular weight is 332 g/mol. The Morgan fingerprint density at radius 3 is 2.80 bits per heavy atom. The second-order valence-corrected chi connectivity index (χ2v) is 6.49. The molecule has 3 rings (SSSR count). The monoisotopic (exact) mass is 331 g/mol. The summed E-state index contributed by atoms with van der Waals surface area (Å²) in [5.41, 5.74) is 0.752. The lowest BCUT2D eigenvalue weighted by Crippen LogP contribution is -2.26. The van der Waals surface area contributed by atoms with Gasteiger partial charge in [0.15, 0.2) is 0 Å². The van der Waals surface area contributed by atoms with Gasteiger partial charge < -0.3 is 5.32 Å². The highest BCUT2D eigenvalue weighted by atomic mass is 79.9. The average Bonchev–Trinajstić information content (AvgIpc) is 3.16. The summed E-state index contributed by atoms with van der Waals surface area (Å²) in [5, 5.41) is 5.38. The largest absolute Gasteiger partial charge is 0.349 e. The van der Waals surface area contributed by atoms with E-state index in [0.29, 0.717) is 12.0 Å². The minimum absolute atomic E-state index is 0.0541. The van der Waals surface area contributed by atoms with Crippen molar-refractivity contribution in [1.29, 1.82) is 0 Å². The highest BCUT2D eigenvalue weighted by Gasteiger charge is 2.37. The van der Waals surface area contributed by atoms with Crippen LogP contribution in [0.5, 0.6) is 0 Å². The summed E-state index contributed by atoms with van der Waals surface area (Å²) in [6, 6.07) is 12.4. The molecule has 104 valence electrons. The van der Waals surface area contributed by atoms with E-state index in [1.807, 2.05) is 30.3 Å². The van der Waals surface area contributed by atoms with Crippen molar-refractivity contribution >= 4 is 32.6 Å². The Morgan fingerprint density at radius 1 is 1.25 bits per heavy atom. The van der Waals surface area contributed by atoms with Crippen molar-refractivity contribution in [2.45, 2.75) is 32.2 Å². The zero-order valence-electron chi connectivity index (χ0n) is 11.5. The molecule has 0 radical (unpaired) electrons. The minimum Gasteiger partial charge on any atom is -0.349 e. The predicted molar refractivity (Wildman–Crippen MR) is 85.9 cm³/mol. The molecule has 0 spiro atoms. The molecule has 3 heteroatoms. The Kier molecular flexibility index (Phi) is 3.79. The lowest BCUT2D eigenvalue weighted by Gasteiger charge is -2.06. The van der Waals surface area contributed by atoms with Gasteiger partial charge in [-0.25, -0.2) is 0 Å². The summed E-state index contributed by atoms with van der Waals surface area (Å²) in [4.78, 5) is 12.2. The van der Waals surface area contributed by atoms with Gasteiger partial charge in [0.25, 0.3) is 5.91 Å². The molecule has 0 bridgehead atoms. The van der Waals surface area contributed by atoms with Crippen LogP contribution in [0.4, 0.5) is 0 Å². The van der Waals surface area contributed by atoms with Crippen molar-refractivity contribution in [2.75, 3.05) is 0 Å². The van der Waals surface area contributed by atoms with Crippen molar-refractivity contribution in [2.24, 2.45) is 5.92 Å². The molecular formula is C17H18BrNO. The maximum absolute atomic E-state index is 12.2. The Morgan fingerprint density at radius 2 is 2.00 bits per heavy atom. The second kappa shape index (κ2) is 5.57. The zero-order valence-corrected chi connectivity index (χ0v) is 13.1. The van der Waals surface area contributed by atoms with Gasteiger partial charge in [-0.1, -0.05) is 41.4 Å². The summed E-state index contributed by atoms with van der Waals surface area (Å²) in [6.07, 6.45) is 3.55. The van der Waals surface area contributed by atoms with Crippen molar-refractivity contribution in [3.05, 3.63) is 46.4 Å². The molecule has 1 amide bonds. The molecule has 1 fully saturated rings. The first-order valence-electron chi connectivity index (χ1n) is 7.17. The van der Waals surface area contributed by atoms with Gasteiger partial charge >= 0.3 is 0 Å². The Labute approximate surface area is 127 Å². The van der Waals surface area contributed by atoms with E-state index in [2.05, 4.69) is 34.2 Å². The van der Waals surface area contributed by atoms with Crippen LogP contribution in [0.25, 0.3) is 10.8 Å². The van der Waals surface area contributed by atoms with Gasteiger partial charge in [-0.15, -0.1) is 0 Å². The first kappa shape index (κ1) is 13.6. The fourth-order valence-electron chi connectivity index (χ4n) is 2.72. The van der Waals surface area contributed by atoms with Gasteiger partial charge in [-0.05, 0) is 53.8 Å². The maximum atomic E-state index is 12.2. The van der Waals surface area contributed by atoms with Crippen molar-refractivity contribution in [1.82, 2.24) is 5.32 Å². The van der Waals surface area contributed by atoms with Crippen LogP contribution in [-0.2, 0) is 0 Å². The van der Waals surface area contributed by atoms with Gasteiger partial charge in [0, 0.05) is 16.1 Å². The molecule has 2 nitrogen and oxygen atoms in total. The van der Waals surface area contributed by atoms with E-state index in [-0.39, 0.29) is 5.91 Å². The summed E-state index contributed by atoms with van der Waals surface area (Å²) in [6.45, 7) is 2.19. The molecule has 1 N–H and O–H groups in total. The predicted octanol–water partition coefficient (Wildman–Crippen LogP) is 4.52. The number of fused-ring (bicyclic) bond motifs is 1. The molecule has 1 saturated carbocycles. The van der Waals surface area contributed by atoms with E-state index in [0.717, 1.165) is 27.2 Å². The molecule has 2 unspecified atom stereocenters. The highest BCUT2D eigenvalue weighted by molar-refractivity contribution is 9.10. The topological polar surface area (TPSA) is 29.1 Å². The van der Waals surface area contributed by atoms with Crippen molar-refractivity contribution in [3.8, 4) is 0 Å². The number of carbonyl (C=O) groups excluding carboxylic acids is 1. The standard InChI is InChI=1S/C17H18BrNO/c1-2-3-13-10-16(13)19-17(20)14-5-4-12-9-15(18)7-6-11(12)8-14/h4-9,13,16H,2-3,10H2,1H3,(H,19,20). The molecule has 2 atom stereocenters. The normalized spacial score (nSPS) is 20.9. The van der Waals surface area contributed by atoms with Crippen LogP contribution >= 0.6 is 15.9 Å². The molecule has 0 saturated heterocycles. The molecule has 2 aromatic carbocycles. The third-order valence-electron chi connectivity index (χ3n) is 3.96. The van der Waals surface area contributed by atoms with Crippen LogP contribution in [0.1, 0.15) is 36.5 Å². The molecule has 0 heterocycles. The van der Waals surface area contributed by atoms with Crippen LogP contribution in [-0.4, -0.2) is 11.9 Å². The summed E-state index contributed by atoms with van der Waals surface area (Å²) < 4.78 is 1.06. The number of rotatable bonds is 4. The number of benzene rings is 2. The molecule has 1 aliphatic rings. The second-order valence-electron chi connectivity index (χ2n) is 5.57. The van der Waals surface area contributed by atoms with Gasteiger partial charge in [-0.2, -0.15) is 0 Å². The van der Waals surface area contributed by atoms with Crippen molar-refractivity contribution in [3.63, 3.8) is 0 Å². The van der Waals surface area contributed by atoms with Gasteiger partial charge in [-0.3, -0.25) is 4.79 Å². The lowest BCUT2D eigenvalue weighted by molar-refractivity contribution is 0.0949. The van der Waals surface area contributed by atoms with E-state index < -0.39 is 0 Å². The lowest BCUT2D eigenvalue weighted by atomic mass is 10.1. The van der Waals surface area contributed by atoms with Crippen LogP contribution < -0.4 is 5.32 Å². The fraction of sp³-hybridized carbons (Fsp3) is 0.353. The molecular weight excluding hydrogens is 314 g/mol. The number of hydrogen-bond acceptors (Lipinski definition) is 1. The third-order valence-corrected chi connectivity index (χ3v) is 4.46. The van der Waals surface area contributed by atoms with Gasteiger partial charge in [0.1, 0.15) is 0 Å². The zero-order chi connectivity index (χ0) is 14.1. The van der Waals surface area contributed by atoms with Crippen LogP contribution in [0.2, 0.25) is 0 Å². The van der Waals surface area contributed by atoms with Gasteiger partial charge in [0.05, 0.1) is 0 Å². The fourth-order valence-corrected chi connectivity index (χ4v) is 3.10. The van der Waals surface area contributed by atoms with Crippen molar-refractivity contribution < 1.29 is 4.79 Å². The summed E-state index contributed by atoms with van der Waals surface area (Å²) in [7, 11) is 0. The number of halogens is 1. The smallest absolute Gasteiger partial charge is 0.251 e.